The predicted octanol–water partition coefficient (Wildman–Crippen LogP) is 3.66. The molecule has 0 heterocycles. The van der Waals surface area contributed by atoms with Crippen molar-refractivity contribution < 1.29 is 13.2 Å². The number of hydrogen-bond acceptors (Lipinski definition) is 2. The number of nitrogens with two attached hydrogens (primary N) is 1. The summed E-state index contributed by atoms with van der Waals surface area (Å²) in [5.74, 6) is 0.637. The number of benzene rings is 1. The van der Waals surface area contributed by atoms with Crippen LogP contribution in [0, 0.1) is 18.8 Å². The van der Waals surface area contributed by atoms with Gasteiger partial charge in [0, 0.05) is 12.2 Å². The maximum Gasteiger partial charge on any atom is 0.416 e. The fraction of sp³-hybridized carbons (Fsp3) is 0.571. The van der Waals surface area contributed by atoms with Gasteiger partial charge in [-0.3, -0.25) is 0 Å². The van der Waals surface area contributed by atoms with Crippen LogP contribution >= 0.6 is 0 Å². The molecule has 0 aliphatic rings. The van der Waals surface area contributed by atoms with Crippen LogP contribution in [0.1, 0.15) is 25.0 Å². The SMILES string of the molecule is Cc1ccc(C(F)(F)F)cc1NCC(CN)C(C)C. The summed E-state index contributed by atoms with van der Waals surface area (Å²) in [5.41, 5.74) is 6.35. The van der Waals surface area contributed by atoms with E-state index in [0.717, 1.165) is 17.7 Å². The predicted molar refractivity (Wildman–Crippen MR) is 72.1 cm³/mol. The van der Waals surface area contributed by atoms with E-state index in [-0.39, 0.29) is 5.92 Å². The van der Waals surface area contributed by atoms with Gasteiger partial charge in [-0.15, -0.1) is 0 Å². The minimum Gasteiger partial charge on any atom is -0.384 e. The molecule has 0 amide bonds. The molecule has 1 rings (SSSR count). The first kappa shape index (κ1) is 15.8. The van der Waals surface area contributed by atoms with Crippen molar-refractivity contribution >= 4 is 5.69 Å². The minimum absolute atomic E-state index is 0.244. The number of hydrogen-bond donors (Lipinski definition) is 2. The molecule has 2 nitrogen and oxygen atoms in total. The average molecular weight is 274 g/mol. The monoisotopic (exact) mass is 274 g/mol. The van der Waals surface area contributed by atoms with Gasteiger partial charge in [0.1, 0.15) is 0 Å². The molecule has 0 radical (unpaired) electrons. The van der Waals surface area contributed by atoms with E-state index in [2.05, 4.69) is 19.2 Å². The lowest BCUT2D eigenvalue weighted by Gasteiger charge is -2.21. The smallest absolute Gasteiger partial charge is 0.384 e. The minimum atomic E-state index is -4.31. The van der Waals surface area contributed by atoms with Gasteiger partial charge in [-0.25, -0.2) is 0 Å². The van der Waals surface area contributed by atoms with Crippen LogP contribution in [-0.4, -0.2) is 13.1 Å². The molecule has 1 aromatic rings. The summed E-state index contributed by atoms with van der Waals surface area (Å²) >= 11 is 0. The van der Waals surface area contributed by atoms with Crippen LogP contribution in [0.15, 0.2) is 18.2 Å². The van der Waals surface area contributed by atoms with Crippen molar-refractivity contribution in [2.24, 2.45) is 17.6 Å². The Hall–Kier alpha value is -1.23. The molecule has 0 bridgehead atoms. The zero-order valence-electron chi connectivity index (χ0n) is 11.5. The van der Waals surface area contributed by atoms with Crippen molar-refractivity contribution in [2.45, 2.75) is 26.9 Å². The number of rotatable bonds is 5. The Morgan fingerprint density at radius 1 is 1.26 bits per heavy atom. The Balaban J connectivity index is 2.83. The number of aryl methyl sites for hydroxylation is 1. The lowest BCUT2D eigenvalue weighted by atomic mass is 9.96. The Kier molecular flexibility index (Phi) is 5.23. The Morgan fingerprint density at radius 3 is 2.37 bits per heavy atom. The zero-order chi connectivity index (χ0) is 14.6. The summed E-state index contributed by atoms with van der Waals surface area (Å²) in [7, 11) is 0. The second-order valence-electron chi connectivity index (χ2n) is 5.15. The van der Waals surface area contributed by atoms with Crippen molar-refractivity contribution in [1.29, 1.82) is 0 Å². The molecule has 0 aromatic heterocycles. The molecule has 1 unspecified atom stereocenters. The van der Waals surface area contributed by atoms with Crippen molar-refractivity contribution in [1.82, 2.24) is 0 Å². The molecule has 1 aromatic carbocycles. The van der Waals surface area contributed by atoms with Crippen LogP contribution in [0.4, 0.5) is 18.9 Å². The van der Waals surface area contributed by atoms with Crippen LogP contribution in [0.25, 0.3) is 0 Å². The number of nitrogens with one attached hydrogen (secondary N) is 1. The molecule has 0 saturated heterocycles. The number of halogens is 3. The van der Waals surface area contributed by atoms with Gasteiger partial charge < -0.3 is 11.1 Å². The van der Waals surface area contributed by atoms with E-state index < -0.39 is 11.7 Å². The molecule has 19 heavy (non-hydrogen) atoms. The number of alkyl halides is 3. The third-order valence-electron chi connectivity index (χ3n) is 3.37. The van der Waals surface area contributed by atoms with Crippen molar-refractivity contribution in [3.63, 3.8) is 0 Å². The summed E-state index contributed by atoms with van der Waals surface area (Å²) in [6.45, 7) is 6.99. The quantitative estimate of drug-likeness (QED) is 0.860. The maximum absolute atomic E-state index is 12.6. The third-order valence-corrected chi connectivity index (χ3v) is 3.37. The molecule has 1 atom stereocenters. The van der Waals surface area contributed by atoms with Crippen LogP contribution < -0.4 is 11.1 Å². The molecule has 108 valence electrons. The van der Waals surface area contributed by atoms with Gasteiger partial charge in [-0.05, 0) is 43.0 Å². The van der Waals surface area contributed by atoms with E-state index in [0.29, 0.717) is 24.7 Å². The van der Waals surface area contributed by atoms with Gasteiger partial charge in [0.2, 0.25) is 0 Å². The first-order valence-electron chi connectivity index (χ1n) is 6.37. The molecule has 0 aliphatic heterocycles. The molecule has 0 aliphatic carbocycles. The van der Waals surface area contributed by atoms with Gasteiger partial charge >= 0.3 is 6.18 Å². The number of anilines is 1. The largest absolute Gasteiger partial charge is 0.416 e. The second-order valence-corrected chi connectivity index (χ2v) is 5.15. The third kappa shape index (κ3) is 4.42. The van der Waals surface area contributed by atoms with E-state index in [1.165, 1.54) is 6.07 Å². The van der Waals surface area contributed by atoms with Gasteiger partial charge in [-0.1, -0.05) is 19.9 Å². The molecule has 0 spiro atoms. The van der Waals surface area contributed by atoms with Crippen molar-refractivity contribution in [2.75, 3.05) is 18.4 Å². The second kappa shape index (κ2) is 6.28. The zero-order valence-corrected chi connectivity index (χ0v) is 11.5. The molecule has 0 fully saturated rings. The summed E-state index contributed by atoms with van der Waals surface area (Å²) in [4.78, 5) is 0. The Labute approximate surface area is 112 Å². The lowest BCUT2D eigenvalue weighted by Crippen LogP contribution is -2.27. The summed E-state index contributed by atoms with van der Waals surface area (Å²) < 4.78 is 37.9. The molecular formula is C14H21F3N2. The summed E-state index contributed by atoms with van der Waals surface area (Å²) in [6, 6.07) is 3.74. The van der Waals surface area contributed by atoms with Gasteiger partial charge in [0.15, 0.2) is 0 Å². The highest BCUT2D eigenvalue weighted by Gasteiger charge is 2.30. The molecular weight excluding hydrogens is 253 g/mol. The van der Waals surface area contributed by atoms with Crippen LogP contribution in [0.3, 0.4) is 0 Å². The normalized spacial score (nSPS) is 13.7. The first-order chi connectivity index (χ1) is 8.75. The van der Waals surface area contributed by atoms with E-state index in [1.807, 2.05) is 0 Å². The highest BCUT2D eigenvalue weighted by atomic mass is 19.4. The average Bonchev–Trinajstić information content (AvgIpc) is 2.30. The Bertz CT molecular complexity index is 414. The molecule has 0 saturated carbocycles. The molecule has 3 N–H and O–H groups in total. The van der Waals surface area contributed by atoms with Gasteiger partial charge in [-0.2, -0.15) is 13.2 Å². The van der Waals surface area contributed by atoms with E-state index in [4.69, 9.17) is 5.73 Å². The van der Waals surface area contributed by atoms with Crippen LogP contribution in [0.2, 0.25) is 0 Å². The fourth-order valence-corrected chi connectivity index (χ4v) is 1.82. The first-order valence-corrected chi connectivity index (χ1v) is 6.37. The maximum atomic E-state index is 12.6. The summed E-state index contributed by atoms with van der Waals surface area (Å²) in [5, 5.41) is 3.08. The van der Waals surface area contributed by atoms with E-state index in [9.17, 15) is 13.2 Å². The van der Waals surface area contributed by atoms with Crippen molar-refractivity contribution in [3.8, 4) is 0 Å². The van der Waals surface area contributed by atoms with Crippen LogP contribution in [0.5, 0.6) is 0 Å². The van der Waals surface area contributed by atoms with Crippen LogP contribution in [-0.2, 0) is 6.18 Å². The highest BCUT2D eigenvalue weighted by Crippen LogP contribution is 2.32. The standard InChI is InChI=1S/C14H21F3N2/c1-9(2)11(7-18)8-19-13-6-12(14(15,16)17)5-4-10(13)3/h4-6,9,11,19H,7-8,18H2,1-3H3. The highest BCUT2D eigenvalue weighted by molar-refractivity contribution is 5.53. The van der Waals surface area contributed by atoms with E-state index in [1.54, 1.807) is 6.92 Å². The fourth-order valence-electron chi connectivity index (χ4n) is 1.82. The Morgan fingerprint density at radius 2 is 1.89 bits per heavy atom. The van der Waals surface area contributed by atoms with Gasteiger partial charge in [0.05, 0.1) is 5.56 Å². The topological polar surface area (TPSA) is 38.0 Å². The van der Waals surface area contributed by atoms with Crippen molar-refractivity contribution in [3.05, 3.63) is 29.3 Å². The summed E-state index contributed by atoms with van der Waals surface area (Å²) in [6.07, 6.45) is -4.31. The lowest BCUT2D eigenvalue weighted by molar-refractivity contribution is -0.137. The van der Waals surface area contributed by atoms with Gasteiger partial charge in [0.25, 0.3) is 0 Å². The van der Waals surface area contributed by atoms with E-state index >= 15 is 0 Å². The molecule has 5 heteroatoms.